The summed E-state index contributed by atoms with van der Waals surface area (Å²) >= 11 is 0. The first kappa shape index (κ1) is 12.8. The van der Waals surface area contributed by atoms with Gasteiger partial charge in [0.15, 0.2) is 0 Å². The summed E-state index contributed by atoms with van der Waals surface area (Å²) < 4.78 is 1.74. The molecule has 96 valence electrons. The van der Waals surface area contributed by atoms with Crippen molar-refractivity contribution in [2.75, 3.05) is 0 Å². The molecule has 0 bridgehead atoms. The van der Waals surface area contributed by atoms with Crippen LogP contribution in [0.1, 0.15) is 31.1 Å². The van der Waals surface area contributed by atoms with E-state index in [1.807, 2.05) is 24.4 Å². The Kier molecular flexibility index (Phi) is 4.15. The van der Waals surface area contributed by atoms with Crippen LogP contribution in [0.2, 0.25) is 0 Å². The molecule has 0 aliphatic carbocycles. The summed E-state index contributed by atoms with van der Waals surface area (Å²) in [4.78, 5) is 0. The first-order chi connectivity index (χ1) is 8.65. The lowest BCUT2D eigenvalue weighted by molar-refractivity contribution is 0.151. The zero-order valence-corrected chi connectivity index (χ0v) is 11.0. The van der Waals surface area contributed by atoms with Crippen LogP contribution in [0, 0.1) is 5.92 Å². The molecular formula is C15H20N2O. The second-order valence-corrected chi connectivity index (χ2v) is 5.08. The van der Waals surface area contributed by atoms with Gasteiger partial charge >= 0.3 is 0 Å². The van der Waals surface area contributed by atoms with E-state index in [4.69, 9.17) is 0 Å². The first-order valence-electron chi connectivity index (χ1n) is 6.39. The Morgan fingerprint density at radius 2 is 1.94 bits per heavy atom. The molecule has 1 aromatic heterocycles. The van der Waals surface area contributed by atoms with Gasteiger partial charge in [0.2, 0.25) is 0 Å². The molecule has 0 spiro atoms. The van der Waals surface area contributed by atoms with Gasteiger partial charge in [-0.25, -0.2) is 0 Å². The van der Waals surface area contributed by atoms with Crippen molar-refractivity contribution < 1.29 is 5.11 Å². The lowest BCUT2D eigenvalue weighted by Gasteiger charge is -2.12. The van der Waals surface area contributed by atoms with Gasteiger partial charge in [-0.15, -0.1) is 0 Å². The average Bonchev–Trinajstić information content (AvgIpc) is 2.82. The molecule has 0 saturated heterocycles. The Morgan fingerprint density at radius 1 is 1.22 bits per heavy atom. The second-order valence-electron chi connectivity index (χ2n) is 5.08. The van der Waals surface area contributed by atoms with Gasteiger partial charge < -0.3 is 5.11 Å². The van der Waals surface area contributed by atoms with Crippen LogP contribution < -0.4 is 0 Å². The highest BCUT2D eigenvalue weighted by Gasteiger charge is 2.08. The number of rotatable bonds is 5. The summed E-state index contributed by atoms with van der Waals surface area (Å²) in [6.45, 7) is 4.91. The number of aromatic nitrogens is 2. The minimum Gasteiger partial charge on any atom is -0.386 e. The van der Waals surface area contributed by atoms with E-state index in [9.17, 15) is 5.11 Å². The Bertz CT molecular complexity index is 460. The summed E-state index contributed by atoms with van der Waals surface area (Å²) in [6.07, 6.45) is 4.16. The zero-order valence-electron chi connectivity index (χ0n) is 11.0. The fraction of sp³-hybridized carbons (Fsp3) is 0.400. The number of hydrogen-bond donors (Lipinski definition) is 1. The maximum atomic E-state index is 10.1. The van der Waals surface area contributed by atoms with Crippen LogP contribution in [0.15, 0.2) is 42.7 Å². The van der Waals surface area contributed by atoms with Crippen molar-refractivity contribution in [2.24, 2.45) is 5.92 Å². The van der Waals surface area contributed by atoms with Gasteiger partial charge in [0.05, 0.1) is 12.6 Å². The molecule has 18 heavy (non-hydrogen) atoms. The van der Waals surface area contributed by atoms with E-state index < -0.39 is 6.10 Å². The summed E-state index contributed by atoms with van der Waals surface area (Å²) in [5.41, 5.74) is 2.26. The highest BCUT2D eigenvalue weighted by atomic mass is 16.3. The monoisotopic (exact) mass is 244 g/mol. The van der Waals surface area contributed by atoms with Crippen molar-refractivity contribution in [3.05, 3.63) is 53.9 Å². The third kappa shape index (κ3) is 3.44. The van der Waals surface area contributed by atoms with E-state index in [-0.39, 0.29) is 0 Å². The van der Waals surface area contributed by atoms with E-state index >= 15 is 0 Å². The molecule has 3 nitrogen and oxygen atoms in total. The standard InChI is InChI=1S/C15H20N2O/c1-12(2)10-13-4-6-14(7-5-13)15(18)11-17-9-3-8-16-17/h3-9,12,15,18H,10-11H2,1-2H3. The Labute approximate surface area is 108 Å². The molecule has 1 heterocycles. The zero-order chi connectivity index (χ0) is 13.0. The molecule has 1 N–H and O–H groups in total. The van der Waals surface area contributed by atoms with Crippen LogP contribution in [-0.2, 0) is 13.0 Å². The fourth-order valence-electron chi connectivity index (χ4n) is 2.04. The second kappa shape index (κ2) is 5.83. The van der Waals surface area contributed by atoms with Crippen LogP contribution in [-0.4, -0.2) is 14.9 Å². The predicted octanol–water partition coefficient (Wildman–Crippen LogP) is 2.82. The Balaban J connectivity index is 2.00. The van der Waals surface area contributed by atoms with E-state index in [1.54, 1.807) is 10.9 Å². The van der Waals surface area contributed by atoms with Gasteiger partial charge in [-0.2, -0.15) is 5.10 Å². The van der Waals surface area contributed by atoms with Gasteiger partial charge in [0.1, 0.15) is 0 Å². The van der Waals surface area contributed by atoms with Crippen LogP contribution in [0.5, 0.6) is 0 Å². The van der Waals surface area contributed by atoms with Gasteiger partial charge in [0.25, 0.3) is 0 Å². The lowest BCUT2D eigenvalue weighted by Crippen LogP contribution is -2.09. The van der Waals surface area contributed by atoms with E-state index in [1.165, 1.54) is 5.56 Å². The van der Waals surface area contributed by atoms with Crippen molar-refractivity contribution in [2.45, 2.75) is 32.9 Å². The fourth-order valence-corrected chi connectivity index (χ4v) is 2.04. The van der Waals surface area contributed by atoms with E-state index in [2.05, 4.69) is 31.1 Å². The molecule has 1 atom stereocenters. The normalized spacial score (nSPS) is 12.9. The maximum absolute atomic E-state index is 10.1. The molecule has 0 amide bonds. The molecule has 1 unspecified atom stereocenters. The molecule has 2 aromatic rings. The van der Waals surface area contributed by atoms with Gasteiger partial charge in [-0.1, -0.05) is 38.1 Å². The summed E-state index contributed by atoms with van der Waals surface area (Å²) in [7, 11) is 0. The number of nitrogens with zero attached hydrogens (tertiary/aromatic N) is 2. The van der Waals surface area contributed by atoms with Crippen molar-refractivity contribution in [3.63, 3.8) is 0 Å². The van der Waals surface area contributed by atoms with Crippen molar-refractivity contribution in [1.82, 2.24) is 9.78 Å². The summed E-state index contributed by atoms with van der Waals surface area (Å²) in [5.74, 6) is 0.657. The highest BCUT2D eigenvalue weighted by molar-refractivity contribution is 5.24. The smallest absolute Gasteiger partial charge is 0.0985 e. The van der Waals surface area contributed by atoms with Crippen LogP contribution in [0.25, 0.3) is 0 Å². The molecule has 0 aliphatic heterocycles. The number of aliphatic hydroxyl groups excluding tert-OH is 1. The SMILES string of the molecule is CC(C)Cc1ccc(C(O)Cn2cccn2)cc1. The topological polar surface area (TPSA) is 38.0 Å². The van der Waals surface area contributed by atoms with E-state index in [0.717, 1.165) is 12.0 Å². The molecule has 0 aliphatic rings. The minimum atomic E-state index is -0.502. The van der Waals surface area contributed by atoms with Gasteiger partial charge in [0, 0.05) is 12.4 Å². The molecule has 3 heteroatoms. The number of aliphatic hydroxyl groups is 1. The largest absolute Gasteiger partial charge is 0.386 e. The molecule has 1 aromatic carbocycles. The van der Waals surface area contributed by atoms with E-state index in [0.29, 0.717) is 12.5 Å². The van der Waals surface area contributed by atoms with Crippen LogP contribution in [0.3, 0.4) is 0 Å². The molecule has 0 radical (unpaired) electrons. The minimum absolute atomic E-state index is 0.497. The summed E-state index contributed by atoms with van der Waals surface area (Å²) in [5, 5.41) is 14.2. The van der Waals surface area contributed by atoms with Crippen molar-refractivity contribution in [1.29, 1.82) is 0 Å². The first-order valence-corrected chi connectivity index (χ1v) is 6.39. The quantitative estimate of drug-likeness (QED) is 0.878. The Morgan fingerprint density at radius 3 is 2.50 bits per heavy atom. The number of hydrogen-bond acceptors (Lipinski definition) is 2. The van der Waals surface area contributed by atoms with Crippen LogP contribution >= 0.6 is 0 Å². The average molecular weight is 244 g/mol. The molecular weight excluding hydrogens is 224 g/mol. The maximum Gasteiger partial charge on any atom is 0.0985 e. The van der Waals surface area contributed by atoms with Crippen molar-refractivity contribution in [3.8, 4) is 0 Å². The molecule has 2 rings (SSSR count). The van der Waals surface area contributed by atoms with Gasteiger partial charge in [-0.05, 0) is 29.5 Å². The lowest BCUT2D eigenvalue weighted by atomic mass is 10.0. The summed E-state index contributed by atoms with van der Waals surface area (Å²) in [6, 6.07) is 10.1. The number of benzene rings is 1. The highest BCUT2D eigenvalue weighted by Crippen LogP contribution is 2.17. The molecule has 0 saturated carbocycles. The third-order valence-electron chi connectivity index (χ3n) is 2.93. The van der Waals surface area contributed by atoms with Crippen LogP contribution in [0.4, 0.5) is 0 Å². The van der Waals surface area contributed by atoms with Gasteiger partial charge in [-0.3, -0.25) is 4.68 Å². The predicted molar refractivity (Wildman–Crippen MR) is 72.2 cm³/mol. The molecule has 0 fully saturated rings. The van der Waals surface area contributed by atoms with Crippen molar-refractivity contribution >= 4 is 0 Å². The third-order valence-corrected chi connectivity index (χ3v) is 2.93. The Hall–Kier alpha value is -1.61.